The summed E-state index contributed by atoms with van der Waals surface area (Å²) in [5.41, 5.74) is 0. The Bertz CT molecular complexity index is 222. The molecule has 0 aromatic rings. The van der Waals surface area contributed by atoms with Crippen molar-refractivity contribution < 1.29 is 4.21 Å². The third-order valence-electron chi connectivity index (χ3n) is 1.56. The molecule has 0 heterocycles. The van der Waals surface area contributed by atoms with E-state index in [4.69, 9.17) is 0 Å². The Hall–Kier alpha value is -0.0500. The van der Waals surface area contributed by atoms with E-state index < -0.39 is 9.73 Å². The summed E-state index contributed by atoms with van der Waals surface area (Å²) in [6.07, 6.45) is 4.02. The van der Waals surface area contributed by atoms with Crippen LogP contribution in [0.5, 0.6) is 0 Å². The number of rotatable bonds is 2. The van der Waals surface area contributed by atoms with Crippen molar-refractivity contribution >= 4 is 9.73 Å². The molecule has 0 spiro atoms. The van der Waals surface area contributed by atoms with Gasteiger partial charge in [-0.15, -0.1) is 0 Å². The van der Waals surface area contributed by atoms with E-state index in [0.29, 0.717) is 5.25 Å². The third kappa shape index (κ3) is 1.97. The van der Waals surface area contributed by atoms with E-state index in [9.17, 15) is 4.21 Å². The monoisotopic (exact) mass is 161 g/mol. The lowest BCUT2D eigenvalue weighted by molar-refractivity contribution is 0.673. The number of hydrogen-bond donors (Lipinski definition) is 0. The summed E-state index contributed by atoms with van der Waals surface area (Å²) in [6, 6.07) is 0.220. The molecule has 1 saturated carbocycles. The largest absolute Gasteiger partial charge is 0.250 e. The summed E-state index contributed by atoms with van der Waals surface area (Å²) in [5.74, 6) is 0. The zero-order valence-corrected chi connectivity index (χ0v) is 7.65. The van der Waals surface area contributed by atoms with Gasteiger partial charge in [0, 0.05) is 21.2 Å². The first-order valence-electron chi connectivity index (χ1n) is 3.72. The maximum atomic E-state index is 11.6. The van der Waals surface area contributed by atoms with Crippen molar-refractivity contribution in [3.05, 3.63) is 0 Å². The van der Waals surface area contributed by atoms with Crippen LogP contribution in [0.25, 0.3) is 0 Å². The van der Waals surface area contributed by atoms with E-state index in [0.717, 1.165) is 12.8 Å². The molecule has 1 fully saturated rings. The highest BCUT2D eigenvalue weighted by molar-refractivity contribution is 7.93. The summed E-state index contributed by atoms with van der Waals surface area (Å²) >= 11 is 0. The second-order valence-corrected chi connectivity index (χ2v) is 5.86. The molecule has 3 heteroatoms. The van der Waals surface area contributed by atoms with Gasteiger partial charge in [0.2, 0.25) is 0 Å². The molecule has 0 aromatic heterocycles. The summed E-state index contributed by atoms with van der Waals surface area (Å²) in [7, 11) is -1.81. The van der Waals surface area contributed by atoms with E-state index in [1.54, 1.807) is 6.26 Å². The van der Waals surface area contributed by atoms with Gasteiger partial charge in [-0.25, -0.2) is 8.57 Å². The van der Waals surface area contributed by atoms with Gasteiger partial charge in [-0.3, -0.25) is 0 Å². The molecule has 1 rings (SSSR count). The van der Waals surface area contributed by atoms with Gasteiger partial charge in [0.1, 0.15) is 0 Å². The van der Waals surface area contributed by atoms with Crippen LogP contribution in [0.4, 0.5) is 0 Å². The minimum atomic E-state index is -1.81. The minimum Gasteiger partial charge on any atom is -0.250 e. The maximum absolute atomic E-state index is 11.6. The van der Waals surface area contributed by atoms with Crippen LogP contribution in [-0.4, -0.2) is 21.8 Å². The van der Waals surface area contributed by atoms with Crippen molar-refractivity contribution in [2.45, 2.75) is 38.0 Å². The molecule has 1 atom stereocenters. The van der Waals surface area contributed by atoms with E-state index in [1.807, 2.05) is 13.8 Å². The van der Waals surface area contributed by atoms with Crippen molar-refractivity contribution in [3.8, 4) is 0 Å². The molecule has 0 bridgehead atoms. The highest BCUT2D eigenvalue weighted by Crippen LogP contribution is 2.29. The lowest BCUT2D eigenvalue weighted by Gasteiger charge is -2.02. The lowest BCUT2D eigenvalue weighted by atomic mass is 10.4. The van der Waals surface area contributed by atoms with Crippen molar-refractivity contribution in [2.75, 3.05) is 6.26 Å². The van der Waals surface area contributed by atoms with E-state index in [1.165, 1.54) is 0 Å². The molecule has 1 unspecified atom stereocenters. The molecule has 0 radical (unpaired) electrons. The molecule has 0 N–H and O–H groups in total. The second-order valence-electron chi connectivity index (χ2n) is 3.26. The van der Waals surface area contributed by atoms with Crippen LogP contribution in [0.1, 0.15) is 26.7 Å². The zero-order valence-electron chi connectivity index (χ0n) is 6.83. The van der Waals surface area contributed by atoms with E-state index in [2.05, 4.69) is 4.36 Å². The molecular formula is C7H15NOS. The van der Waals surface area contributed by atoms with E-state index in [-0.39, 0.29) is 6.04 Å². The SMILES string of the molecule is CC(C)N=S(C)(=O)C1CC1. The Labute approximate surface area is 63.2 Å². The molecule has 1 aliphatic rings. The van der Waals surface area contributed by atoms with Gasteiger partial charge < -0.3 is 0 Å². The predicted octanol–water partition coefficient (Wildman–Crippen LogP) is 1.66. The second kappa shape index (κ2) is 2.53. The third-order valence-corrected chi connectivity index (χ3v) is 4.11. The molecule has 0 aromatic carbocycles. The van der Waals surface area contributed by atoms with E-state index >= 15 is 0 Å². The van der Waals surface area contributed by atoms with Crippen LogP contribution >= 0.6 is 0 Å². The first-order chi connectivity index (χ1) is 4.52. The first kappa shape index (κ1) is 8.05. The Balaban J connectivity index is 2.75. The Morgan fingerprint density at radius 3 is 2.30 bits per heavy atom. The summed E-state index contributed by atoms with van der Waals surface area (Å²) in [6.45, 7) is 3.96. The lowest BCUT2D eigenvalue weighted by Crippen LogP contribution is -2.06. The molecule has 0 amide bonds. The van der Waals surface area contributed by atoms with Crippen LogP contribution in [0, 0.1) is 0 Å². The Morgan fingerprint density at radius 2 is 2.00 bits per heavy atom. The van der Waals surface area contributed by atoms with Crippen LogP contribution in [0.3, 0.4) is 0 Å². The molecule has 60 valence electrons. The minimum absolute atomic E-state index is 0.220. The summed E-state index contributed by atoms with van der Waals surface area (Å²) in [4.78, 5) is 0. The van der Waals surface area contributed by atoms with Crippen molar-refractivity contribution in [1.82, 2.24) is 0 Å². The van der Waals surface area contributed by atoms with Crippen LogP contribution < -0.4 is 0 Å². The smallest absolute Gasteiger partial charge is 0.0537 e. The highest BCUT2D eigenvalue weighted by atomic mass is 32.2. The van der Waals surface area contributed by atoms with Crippen LogP contribution in [0.15, 0.2) is 4.36 Å². The van der Waals surface area contributed by atoms with Gasteiger partial charge in [0.05, 0.1) is 6.04 Å². The number of hydrogen-bond acceptors (Lipinski definition) is 2. The molecule has 2 nitrogen and oxygen atoms in total. The summed E-state index contributed by atoms with van der Waals surface area (Å²) in [5, 5.41) is 0.412. The average Bonchev–Trinajstić information content (AvgIpc) is 2.35. The number of nitrogens with zero attached hydrogens (tertiary/aromatic N) is 1. The van der Waals surface area contributed by atoms with Crippen molar-refractivity contribution in [2.24, 2.45) is 4.36 Å². The normalized spacial score (nSPS) is 24.4. The first-order valence-corrected chi connectivity index (χ1v) is 5.71. The van der Waals surface area contributed by atoms with Gasteiger partial charge in [-0.2, -0.15) is 0 Å². The van der Waals surface area contributed by atoms with Crippen molar-refractivity contribution in [3.63, 3.8) is 0 Å². The zero-order chi connectivity index (χ0) is 7.78. The van der Waals surface area contributed by atoms with Gasteiger partial charge >= 0.3 is 0 Å². The van der Waals surface area contributed by atoms with Crippen LogP contribution in [0.2, 0.25) is 0 Å². The Morgan fingerprint density at radius 1 is 1.50 bits per heavy atom. The molecule has 0 aliphatic heterocycles. The topological polar surface area (TPSA) is 29.4 Å². The average molecular weight is 161 g/mol. The highest BCUT2D eigenvalue weighted by Gasteiger charge is 2.30. The molecule has 10 heavy (non-hydrogen) atoms. The standard InChI is InChI=1S/C7H15NOS/c1-6(2)8-10(3,9)7-4-5-7/h6-7H,4-5H2,1-3H3. The fourth-order valence-corrected chi connectivity index (χ4v) is 3.03. The summed E-state index contributed by atoms with van der Waals surface area (Å²) < 4.78 is 15.8. The van der Waals surface area contributed by atoms with Crippen molar-refractivity contribution in [1.29, 1.82) is 0 Å². The fraction of sp³-hybridized carbons (Fsp3) is 1.00. The molecule has 1 aliphatic carbocycles. The molecule has 0 saturated heterocycles. The predicted molar refractivity (Wildman–Crippen MR) is 44.7 cm³/mol. The van der Waals surface area contributed by atoms with Gasteiger partial charge in [0.25, 0.3) is 0 Å². The van der Waals surface area contributed by atoms with Gasteiger partial charge in [-0.1, -0.05) is 0 Å². The van der Waals surface area contributed by atoms with Crippen LogP contribution in [-0.2, 0) is 9.73 Å². The van der Waals surface area contributed by atoms with Gasteiger partial charge in [0.15, 0.2) is 0 Å². The fourth-order valence-electron chi connectivity index (χ4n) is 1.01. The quantitative estimate of drug-likeness (QED) is 0.605. The maximum Gasteiger partial charge on any atom is 0.0537 e. The molecular weight excluding hydrogens is 146 g/mol. The van der Waals surface area contributed by atoms with Gasteiger partial charge in [-0.05, 0) is 26.7 Å². The Kier molecular flexibility index (Phi) is 2.04.